The highest BCUT2D eigenvalue weighted by Gasteiger charge is 2.24. The van der Waals surface area contributed by atoms with Gasteiger partial charge in [-0.2, -0.15) is 10.3 Å². The molecule has 0 saturated carbocycles. The number of hydrogen-bond donors (Lipinski definition) is 2. The summed E-state index contributed by atoms with van der Waals surface area (Å²) < 4.78 is 7.39. The van der Waals surface area contributed by atoms with Gasteiger partial charge in [0, 0.05) is 0 Å². The van der Waals surface area contributed by atoms with Crippen molar-refractivity contribution in [3.05, 3.63) is 47.3 Å². The van der Waals surface area contributed by atoms with Crippen LogP contribution in [0.4, 0.5) is 0 Å². The molecule has 7 nitrogen and oxygen atoms in total. The SMILES string of the molecule is N#Cc1ccc2n1-c1cccc(C(=O)N=C(N)N)c1OC2. The summed E-state index contributed by atoms with van der Waals surface area (Å²) in [4.78, 5) is 15.6. The van der Waals surface area contributed by atoms with Crippen LogP contribution in [0.2, 0.25) is 0 Å². The first-order chi connectivity index (χ1) is 10.1. The molecule has 1 aromatic heterocycles. The lowest BCUT2D eigenvalue weighted by atomic mass is 10.1. The number of para-hydroxylation sites is 1. The second kappa shape index (κ2) is 4.68. The van der Waals surface area contributed by atoms with Gasteiger partial charge in [-0.1, -0.05) is 6.07 Å². The fourth-order valence-corrected chi connectivity index (χ4v) is 2.31. The number of amides is 1. The van der Waals surface area contributed by atoms with Crippen molar-refractivity contribution in [1.29, 1.82) is 5.26 Å². The van der Waals surface area contributed by atoms with Crippen molar-refractivity contribution in [1.82, 2.24) is 4.57 Å². The quantitative estimate of drug-likeness (QED) is 0.587. The molecule has 0 unspecified atom stereocenters. The van der Waals surface area contributed by atoms with Gasteiger partial charge >= 0.3 is 0 Å². The summed E-state index contributed by atoms with van der Waals surface area (Å²) >= 11 is 0. The van der Waals surface area contributed by atoms with Crippen LogP contribution in [0.15, 0.2) is 35.3 Å². The fraction of sp³-hybridized carbons (Fsp3) is 0.0714. The molecule has 2 aromatic rings. The third-order valence-corrected chi connectivity index (χ3v) is 3.14. The fourth-order valence-electron chi connectivity index (χ4n) is 2.31. The summed E-state index contributed by atoms with van der Waals surface area (Å²) in [5.41, 5.74) is 12.6. The number of benzene rings is 1. The monoisotopic (exact) mass is 281 g/mol. The number of nitrogens with zero attached hydrogens (tertiary/aromatic N) is 3. The van der Waals surface area contributed by atoms with Crippen molar-refractivity contribution >= 4 is 11.9 Å². The zero-order valence-corrected chi connectivity index (χ0v) is 10.9. The second-order valence-electron chi connectivity index (χ2n) is 4.44. The number of hydrogen-bond acceptors (Lipinski definition) is 3. The van der Waals surface area contributed by atoms with E-state index in [1.165, 1.54) is 0 Å². The Morgan fingerprint density at radius 3 is 2.86 bits per heavy atom. The molecule has 0 radical (unpaired) electrons. The van der Waals surface area contributed by atoms with Crippen LogP contribution in [0.5, 0.6) is 5.75 Å². The number of rotatable bonds is 1. The number of guanidine groups is 1. The number of ether oxygens (including phenoxy) is 1. The molecule has 1 amide bonds. The van der Waals surface area contributed by atoms with Gasteiger partial charge in [-0.25, -0.2) is 0 Å². The van der Waals surface area contributed by atoms with E-state index < -0.39 is 5.91 Å². The maximum atomic E-state index is 12.0. The second-order valence-corrected chi connectivity index (χ2v) is 4.44. The third kappa shape index (κ3) is 1.99. The number of carbonyl (C=O) groups is 1. The normalized spacial score (nSPS) is 11.6. The van der Waals surface area contributed by atoms with Crippen molar-refractivity contribution in [3.63, 3.8) is 0 Å². The number of nitrogens with two attached hydrogens (primary N) is 2. The zero-order chi connectivity index (χ0) is 15.0. The molecule has 21 heavy (non-hydrogen) atoms. The van der Waals surface area contributed by atoms with E-state index in [2.05, 4.69) is 11.1 Å². The third-order valence-electron chi connectivity index (χ3n) is 3.14. The highest BCUT2D eigenvalue weighted by atomic mass is 16.5. The van der Waals surface area contributed by atoms with Crippen molar-refractivity contribution in [2.45, 2.75) is 6.61 Å². The van der Waals surface area contributed by atoms with Gasteiger partial charge in [0.25, 0.3) is 5.91 Å². The predicted octanol–water partition coefficient (Wildman–Crippen LogP) is 0.655. The highest BCUT2D eigenvalue weighted by molar-refractivity contribution is 6.04. The summed E-state index contributed by atoms with van der Waals surface area (Å²) in [5.74, 6) is -0.526. The molecule has 0 saturated heterocycles. The van der Waals surface area contributed by atoms with Gasteiger partial charge < -0.3 is 16.2 Å². The van der Waals surface area contributed by atoms with Crippen LogP contribution in [0.25, 0.3) is 5.69 Å². The largest absolute Gasteiger partial charge is 0.484 e. The van der Waals surface area contributed by atoms with Crippen molar-refractivity contribution in [2.24, 2.45) is 16.5 Å². The standard InChI is InChI=1S/C14H11N5O2/c15-6-8-4-5-9-7-21-12-10(13(20)18-14(16)17)2-1-3-11(12)19(8)9/h1-5H,7H2,(H4,16,17,18,20). The average Bonchev–Trinajstić information content (AvgIpc) is 2.89. The summed E-state index contributed by atoms with van der Waals surface area (Å²) in [5, 5.41) is 9.17. The van der Waals surface area contributed by atoms with Crippen LogP contribution in [-0.4, -0.2) is 16.4 Å². The molecule has 1 aliphatic rings. The minimum Gasteiger partial charge on any atom is -0.484 e. The van der Waals surface area contributed by atoms with Gasteiger partial charge in [0.1, 0.15) is 18.4 Å². The molecule has 7 heteroatoms. The Morgan fingerprint density at radius 1 is 1.33 bits per heavy atom. The molecular formula is C14H11N5O2. The molecule has 0 bridgehead atoms. The lowest BCUT2D eigenvalue weighted by Crippen LogP contribution is -2.24. The Labute approximate surface area is 120 Å². The Kier molecular flexibility index (Phi) is 2.84. The van der Waals surface area contributed by atoms with E-state index in [0.717, 1.165) is 5.69 Å². The molecular weight excluding hydrogens is 270 g/mol. The van der Waals surface area contributed by atoms with Crippen molar-refractivity contribution in [2.75, 3.05) is 0 Å². The smallest absolute Gasteiger partial charge is 0.284 e. The van der Waals surface area contributed by atoms with Gasteiger partial charge in [-0.3, -0.25) is 9.36 Å². The van der Waals surface area contributed by atoms with E-state index in [-0.39, 0.29) is 18.1 Å². The summed E-state index contributed by atoms with van der Waals surface area (Å²) in [6.45, 7) is 0.265. The Morgan fingerprint density at radius 2 is 2.14 bits per heavy atom. The molecule has 4 N–H and O–H groups in total. The summed E-state index contributed by atoms with van der Waals surface area (Å²) in [6.07, 6.45) is 0. The van der Waals surface area contributed by atoms with Crippen molar-refractivity contribution in [3.8, 4) is 17.5 Å². The van der Waals surface area contributed by atoms with Crippen LogP contribution in [0.1, 0.15) is 21.7 Å². The van der Waals surface area contributed by atoms with E-state index in [9.17, 15) is 10.1 Å². The molecule has 3 rings (SSSR count). The molecule has 0 aliphatic carbocycles. The van der Waals surface area contributed by atoms with Crippen LogP contribution < -0.4 is 16.2 Å². The van der Waals surface area contributed by atoms with Crippen LogP contribution >= 0.6 is 0 Å². The lowest BCUT2D eigenvalue weighted by Gasteiger charge is -2.22. The molecule has 0 atom stereocenters. The summed E-state index contributed by atoms with van der Waals surface area (Å²) in [7, 11) is 0. The maximum Gasteiger partial charge on any atom is 0.284 e. The first-order valence-electron chi connectivity index (χ1n) is 6.12. The summed E-state index contributed by atoms with van der Waals surface area (Å²) in [6, 6.07) is 10.7. The maximum absolute atomic E-state index is 12.0. The van der Waals surface area contributed by atoms with Gasteiger partial charge in [-0.05, 0) is 24.3 Å². The number of fused-ring (bicyclic) bond motifs is 3. The Bertz CT molecular complexity index is 809. The Hall–Kier alpha value is -3.27. The van der Waals surface area contributed by atoms with Gasteiger partial charge in [0.15, 0.2) is 11.7 Å². The molecule has 1 aliphatic heterocycles. The zero-order valence-electron chi connectivity index (χ0n) is 10.9. The molecule has 0 spiro atoms. The molecule has 1 aromatic carbocycles. The predicted molar refractivity (Wildman–Crippen MR) is 75.0 cm³/mol. The number of aromatic nitrogens is 1. The minimum atomic E-state index is -0.582. The number of nitriles is 1. The van der Waals surface area contributed by atoms with E-state index in [4.69, 9.17) is 16.2 Å². The van der Waals surface area contributed by atoms with Gasteiger partial charge in [0.2, 0.25) is 0 Å². The minimum absolute atomic E-state index is 0.254. The van der Waals surface area contributed by atoms with Gasteiger partial charge in [-0.15, -0.1) is 0 Å². The number of aliphatic imine (C=N–C) groups is 1. The molecule has 0 fully saturated rings. The molecule has 104 valence electrons. The van der Waals surface area contributed by atoms with Crippen LogP contribution in [-0.2, 0) is 6.61 Å². The first-order valence-corrected chi connectivity index (χ1v) is 6.12. The van der Waals surface area contributed by atoms with E-state index in [1.807, 2.05) is 6.07 Å². The number of carbonyl (C=O) groups excluding carboxylic acids is 1. The van der Waals surface area contributed by atoms with Crippen LogP contribution in [0.3, 0.4) is 0 Å². The van der Waals surface area contributed by atoms with Crippen molar-refractivity contribution < 1.29 is 9.53 Å². The van der Waals surface area contributed by atoms with Crippen LogP contribution in [0, 0.1) is 11.3 Å². The topological polar surface area (TPSA) is 119 Å². The van der Waals surface area contributed by atoms with E-state index in [0.29, 0.717) is 17.1 Å². The first kappa shape index (κ1) is 12.7. The van der Waals surface area contributed by atoms with E-state index in [1.54, 1.807) is 28.8 Å². The van der Waals surface area contributed by atoms with Gasteiger partial charge in [0.05, 0.1) is 16.9 Å². The molecule has 2 heterocycles. The van der Waals surface area contributed by atoms with E-state index >= 15 is 0 Å². The lowest BCUT2D eigenvalue weighted by molar-refractivity contribution is 0.0997. The highest BCUT2D eigenvalue weighted by Crippen LogP contribution is 2.35. The Balaban J connectivity index is 2.20. The average molecular weight is 281 g/mol.